The number of nitriles is 1. The van der Waals surface area contributed by atoms with Crippen molar-refractivity contribution >= 4 is 6.08 Å². The van der Waals surface area contributed by atoms with Gasteiger partial charge in [-0.15, -0.1) is 0 Å². The fourth-order valence-electron chi connectivity index (χ4n) is 1.89. The molecule has 2 nitrogen and oxygen atoms in total. The van der Waals surface area contributed by atoms with Crippen molar-refractivity contribution < 1.29 is 4.74 Å². The van der Waals surface area contributed by atoms with Crippen LogP contribution in [0.1, 0.15) is 24.0 Å². The Morgan fingerprint density at radius 1 is 1.40 bits per heavy atom. The summed E-state index contributed by atoms with van der Waals surface area (Å²) in [6, 6.07) is 8.32. The van der Waals surface area contributed by atoms with Crippen LogP contribution in [0.15, 0.2) is 23.8 Å². The number of methoxy groups -OCH3 is 1. The zero-order valence-electron chi connectivity index (χ0n) is 8.79. The van der Waals surface area contributed by atoms with Crippen LogP contribution in [0.25, 0.3) is 6.08 Å². The quantitative estimate of drug-likeness (QED) is 0.733. The number of aryl methyl sites for hydroxylation is 1. The van der Waals surface area contributed by atoms with Crippen molar-refractivity contribution in [3.63, 3.8) is 0 Å². The minimum Gasteiger partial charge on any atom is -0.497 e. The molecule has 0 fully saturated rings. The van der Waals surface area contributed by atoms with Crippen molar-refractivity contribution in [2.45, 2.75) is 19.3 Å². The molecule has 0 radical (unpaired) electrons. The minimum absolute atomic E-state index is 0.538. The SMILES string of the molecule is COc1ccc2c(c1)C=C(CC#N)CC2. The van der Waals surface area contributed by atoms with E-state index in [1.165, 1.54) is 16.7 Å². The number of allylic oxidation sites excluding steroid dienone is 1. The smallest absolute Gasteiger partial charge is 0.119 e. The normalized spacial score (nSPS) is 13.7. The average Bonchev–Trinajstić information content (AvgIpc) is 2.28. The van der Waals surface area contributed by atoms with Crippen LogP contribution in [0.5, 0.6) is 5.75 Å². The summed E-state index contributed by atoms with van der Waals surface area (Å²) < 4.78 is 5.18. The molecule has 0 spiro atoms. The molecule has 1 aliphatic rings. The lowest BCUT2D eigenvalue weighted by Crippen LogP contribution is -1.99. The highest BCUT2D eigenvalue weighted by Gasteiger charge is 2.10. The van der Waals surface area contributed by atoms with E-state index in [4.69, 9.17) is 10.00 Å². The molecule has 15 heavy (non-hydrogen) atoms. The second kappa shape index (κ2) is 4.18. The first-order chi connectivity index (χ1) is 7.33. The first-order valence-corrected chi connectivity index (χ1v) is 5.07. The Morgan fingerprint density at radius 2 is 2.27 bits per heavy atom. The van der Waals surface area contributed by atoms with Crippen LogP contribution < -0.4 is 4.74 Å². The Labute approximate surface area is 89.8 Å². The van der Waals surface area contributed by atoms with Gasteiger partial charge in [-0.05, 0) is 36.1 Å². The summed E-state index contributed by atoms with van der Waals surface area (Å²) in [6.45, 7) is 0. The summed E-state index contributed by atoms with van der Waals surface area (Å²) in [5, 5.41) is 8.65. The maximum atomic E-state index is 8.65. The predicted molar refractivity (Wildman–Crippen MR) is 59.5 cm³/mol. The molecule has 1 aliphatic carbocycles. The predicted octanol–water partition coefficient (Wildman–Crippen LogP) is 2.94. The van der Waals surface area contributed by atoms with Gasteiger partial charge in [0, 0.05) is 0 Å². The molecule has 0 heterocycles. The van der Waals surface area contributed by atoms with E-state index < -0.39 is 0 Å². The average molecular weight is 199 g/mol. The van der Waals surface area contributed by atoms with Gasteiger partial charge in [0.2, 0.25) is 0 Å². The maximum absolute atomic E-state index is 8.65. The van der Waals surface area contributed by atoms with E-state index in [9.17, 15) is 0 Å². The summed E-state index contributed by atoms with van der Waals surface area (Å²) in [5.74, 6) is 0.878. The van der Waals surface area contributed by atoms with E-state index in [2.05, 4.69) is 18.2 Å². The van der Waals surface area contributed by atoms with Crippen LogP contribution in [0, 0.1) is 11.3 Å². The summed E-state index contributed by atoms with van der Waals surface area (Å²) in [4.78, 5) is 0. The highest BCUT2D eigenvalue weighted by molar-refractivity contribution is 5.61. The molecular formula is C13H13NO. The largest absolute Gasteiger partial charge is 0.497 e. The van der Waals surface area contributed by atoms with Crippen LogP contribution in [0.2, 0.25) is 0 Å². The second-order valence-electron chi connectivity index (χ2n) is 3.70. The highest BCUT2D eigenvalue weighted by atomic mass is 16.5. The number of hydrogen-bond donors (Lipinski definition) is 0. The molecule has 0 bridgehead atoms. The third-order valence-corrected chi connectivity index (χ3v) is 2.73. The van der Waals surface area contributed by atoms with Crippen molar-refractivity contribution in [3.8, 4) is 11.8 Å². The van der Waals surface area contributed by atoms with Crippen molar-refractivity contribution in [1.29, 1.82) is 5.26 Å². The van der Waals surface area contributed by atoms with Crippen molar-refractivity contribution in [2.75, 3.05) is 7.11 Å². The molecule has 1 aromatic rings. The van der Waals surface area contributed by atoms with E-state index in [0.717, 1.165) is 18.6 Å². The lowest BCUT2D eigenvalue weighted by Gasteiger charge is -2.15. The Bertz CT molecular complexity index is 440. The van der Waals surface area contributed by atoms with Crippen molar-refractivity contribution in [1.82, 2.24) is 0 Å². The maximum Gasteiger partial charge on any atom is 0.119 e. The van der Waals surface area contributed by atoms with Crippen molar-refractivity contribution in [2.24, 2.45) is 0 Å². The van der Waals surface area contributed by atoms with Gasteiger partial charge in [-0.25, -0.2) is 0 Å². The minimum atomic E-state index is 0.538. The van der Waals surface area contributed by atoms with E-state index in [1.807, 2.05) is 12.1 Å². The second-order valence-corrected chi connectivity index (χ2v) is 3.70. The highest BCUT2D eigenvalue weighted by Crippen LogP contribution is 2.28. The molecule has 0 aliphatic heterocycles. The molecule has 0 unspecified atom stereocenters. The van der Waals surface area contributed by atoms with Crippen LogP contribution >= 0.6 is 0 Å². The summed E-state index contributed by atoms with van der Waals surface area (Å²) >= 11 is 0. The Hall–Kier alpha value is -1.75. The van der Waals surface area contributed by atoms with Gasteiger partial charge < -0.3 is 4.74 Å². The molecule has 76 valence electrons. The van der Waals surface area contributed by atoms with Gasteiger partial charge in [0.1, 0.15) is 5.75 Å². The summed E-state index contributed by atoms with van der Waals surface area (Å²) in [6.07, 6.45) is 4.70. The zero-order chi connectivity index (χ0) is 10.7. The van der Waals surface area contributed by atoms with Crippen LogP contribution in [-0.4, -0.2) is 7.11 Å². The number of hydrogen-bond acceptors (Lipinski definition) is 2. The molecule has 0 saturated heterocycles. The van der Waals surface area contributed by atoms with Crippen LogP contribution in [0.4, 0.5) is 0 Å². The summed E-state index contributed by atoms with van der Waals surface area (Å²) in [7, 11) is 1.67. The Morgan fingerprint density at radius 3 is 3.00 bits per heavy atom. The molecule has 0 atom stereocenters. The van der Waals surface area contributed by atoms with Gasteiger partial charge in [-0.3, -0.25) is 0 Å². The van der Waals surface area contributed by atoms with Gasteiger partial charge in [0.25, 0.3) is 0 Å². The van der Waals surface area contributed by atoms with E-state index >= 15 is 0 Å². The van der Waals surface area contributed by atoms with Gasteiger partial charge in [-0.2, -0.15) is 5.26 Å². The van der Waals surface area contributed by atoms with E-state index in [0.29, 0.717) is 6.42 Å². The van der Waals surface area contributed by atoms with E-state index in [-0.39, 0.29) is 0 Å². The van der Waals surface area contributed by atoms with Gasteiger partial charge in [0.05, 0.1) is 19.6 Å². The molecule has 2 rings (SSSR count). The standard InChI is InChI=1S/C13H13NO/c1-15-13-5-4-11-3-2-10(6-7-14)8-12(11)9-13/h4-5,8-9H,2-3,6H2,1H3. The van der Waals surface area contributed by atoms with Gasteiger partial charge in [-0.1, -0.05) is 17.7 Å². The fourth-order valence-corrected chi connectivity index (χ4v) is 1.89. The molecule has 0 amide bonds. The Kier molecular flexibility index (Phi) is 2.73. The molecule has 0 N–H and O–H groups in total. The third kappa shape index (κ3) is 2.02. The molecule has 2 heteroatoms. The van der Waals surface area contributed by atoms with E-state index in [1.54, 1.807) is 7.11 Å². The topological polar surface area (TPSA) is 33.0 Å². The zero-order valence-corrected chi connectivity index (χ0v) is 8.79. The van der Waals surface area contributed by atoms with Crippen LogP contribution in [-0.2, 0) is 6.42 Å². The lowest BCUT2D eigenvalue weighted by molar-refractivity contribution is 0.414. The number of benzene rings is 1. The Balaban J connectivity index is 2.35. The molecular weight excluding hydrogens is 186 g/mol. The summed E-state index contributed by atoms with van der Waals surface area (Å²) in [5.41, 5.74) is 3.77. The molecule has 1 aromatic carbocycles. The van der Waals surface area contributed by atoms with Gasteiger partial charge >= 0.3 is 0 Å². The number of rotatable bonds is 2. The number of fused-ring (bicyclic) bond motifs is 1. The monoisotopic (exact) mass is 199 g/mol. The fraction of sp³-hybridized carbons (Fsp3) is 0.308. The first-order valence-electron chi connectivity index (χ1n) is 5.07. The lowest BCUT2D eigenvalue weighted by atomic mass is 9.91. The third-order valence-electron chi connectivity index (χ3n) is 2.73. The molecule has 0 aromatic heterocycles. The number of ether oxygens (including phenoxy) is 1. The van der Waals surface area contributed by atoms with Crippen LogP contribution in [0.3, 0.4) is 0 Å². The number of nitrogens with zero attached hydrogens (tertiary/aromatic N) is 1. The molecule has 0 saturated carbocycles. The first kappa shape index (κ1) is 9.79. The van der Waals surface area contributed by atoms with Gasteiger partial charge in [0.15, 0.2) is 0 Å². The van der Waals surface area contributed by atoms with Crippen molar-refractivity contribution in [3.05, 3.63) is 34.9 Å².